The Labute approximate surface area is 114 Å². The van der Waals surface area contributed by atoms with E-state index in [0.29, 0.717) is 19.6 Å². The minimum atomic E-state index is -0.487. The van der Waals surface area contributed by atoms with Crippen molar-refractivity contribution in [1.29, 1.82) is 0 Å². The zero-order chi connectivity index (χ0) is 14.1. The van der Waals surface area contributed by atoms with Crippen LogP contribution in [0.2, 0.25) is 0 Å². The summed E-state index contributed by atoms with van der Waals surface area (Å²) in [5.41, 5.74) is 0.135. The first-order valence-corrected chi connectivity index (χ1v) is 6.93. The van der Waals surface area contributed by atoms with Crippen LogP contribution in [0.5, 0.6) is 0 Å². The molecule has 1 aromatic carbocycles. The molecule has 1 atom stereocenters. The van der Waals surface area contributed by atoms with Gasteiger partial charge < -0.3 is 10.1 Å². The van der Waals surface area contributed by atoms with Crippen LogP contribution in [0.1, 0.15) is 32.3 Å². The van der Waals surface area contributed by atoms with E-state index in [-0.39, 0.29) is 11.6 Å². The van der Waals surface area contributed by atoms with Crippen molar-refractivity contribution in [2.24, 2.45) is 0 Å². The smallest absolute Gasteiger partial charge is 0.129 e. The lowest BCUT2D eigenvalue weighted by molar-refractivity contribution is 0.111. The number of halogens is 2. The quantitative estimate of drug-likeness (QED) is 0.696. The van der Waals surface area contributed by atoms with Gasteiger partial charge in [-0.25, -0.2) is 8.78 Å². The summed E-state index contributed by atoms with van der Waals surface area (Å²) in [6.45, 7) is 6.05. The lowest BCUT2D eigenvalue weighted by Gasteiger charge is -2.19. The molecule has 1 N–H and O–H groups in total. The van der Waals surface area contributed by atoms with Gasteiger partial charge in [0.2, 0.25) is 0 Å². The predicted octanol–water partition coefficient (Wildman–Crippen LogP) is 3.30. The monoisotopic (exact) mass is 271 g/mol. The van der Waals surface area contributed by atoms with Crippen LogP contribution in [0, 0.1) is 11.6 Å². The molecule has 0 aliphatic carbocycles. The van der Waals surface area contributed by atoms with Crippen molar-refractivity contribution < 1.29 is 13.5 Å². The molecule has 108 valence electrons. The minimum Gasteiger partial charge on any atom is -0.380 e. The van der Waals surface area contributed by atoms with E-state index >= 15 is 0 Å². The summed E-state index contributed by atoms with van der Waals surface area (Å²) < 4.78 is 32.7. The van der Waals surface area contributed by atoms with Crippen LogP contribution in [-0.4, -0.2) is 25.8 Å². The van der Waals surface area contributed by atoms with Gasteiger partial charge in [0.15, 0.2) is 0 Å². The van der Waals surface area contributed by atoms with Crippen LogP contribution in [-0.2, 0) is 11.2 Å². The maximum atomic E-state index is 13.6. The second kappa shape index (κ2) is 8.99. The molecule has 4 heteroatoms. The predicted molar refractivity (Wildman–Crippen MR) is 73.3 cm³/mol. The molecule has 19 heavy (non-hydrogen) atoms. The Bertz CT molecular complexity index is 351. The van der Waals surface area contributed by atoms with E-state index in [1.165, 1.54) is 18.2 Å². The molecule has 1 aromatic rings. The van der Waals surface area contributed by atoms with Gasteiger partial charge in [-0.3, -0.25) is 0 Å². The maximum absolute atomic E-state index is 13.6. The molecule has 0 aromatic heterocycles. The van der Waals surface area contributed by atoms with E-state index in [1.807, 2.05) is 6.92 Å². The number of hydrogen-bond donors (Lipinski definition) is 1. The summed E-state index contributed by atoms with van der Waals surface area (Å²) in [5.74, 6) is -0.974. The molecule has 1 unspecified atom stereocenters. The molecule has 0 saturated carbocycles. The van der Waals surface area contributed by atoms with Gasteiger partial charge in [-0.2, -0.15) is 0 Å². The first kappa shape index (κ1) is 16.1. The highest BCUT2D eigenvalue weighted by Gasteiger charge is 2.15. The second-order valence-electron chi connectivity index (χ2n) is 4.63. The van der Waals surface area contributed by atoms with Crippen molar-refractivity contribution in [3.05, 3.63) is 35.4 Å². The summed E-state index contributed by atoms with van der Waals surface area (Å²) in [7, 11) is 0. The lowest BCUT2D eigenvalue weighted by Crippen LogP contribution is -2.36. The maximum Gasteiger partial charge on any atom is 0.129 e. The summed E-state index contributed by atoms with van der Waals surface area (Å²) in [6, 6.07) is 3.92. The Hall–Kier alpha value is -1.00. The molecule has 0 aliphatic heterocycles. The standard InChI is InChI=1S/C15H23F2NO/c1-3-8-18-12(11-19-9-4-2)10-13-14(16)6-5-7-15(13)17/h5-7,12,18H,3-4,8-11H2,1-2H3. The van der Waals surface area contributed by atoms with E-state index in [4.69, 9.17) is 4.74 Å². The average Bonchev–Trinajstić information content (AvgIpc) is 2.39. The van der Waals surface area contributed by atoms with Crippen molar-refractivity contribution >= 4 is 0 Å². The summed E-state index contributed by atoms with van der Waals surface area (Å²) >= 11 is 0. The van der Waals surface area contributed by atoms with Gasteiger partial charge in [0.1, 0.15) is 11.6 Å². The Balaban J connectivity index is 2.64. The fourth-order valence-corrected chi connectivity index (χ4v) is 1.88. The minimum absolute atomic E-state index is 0.0575. The second-order valence-corrected chi connectivity index (χ2v) is 4.63. The molecule has 0 heterocycles. The molecule has 0 aliphatic rings. The molecular formula is C15H23F2NO. The summed E-state index contributed by atoms with van der Waals surface area (Å²) in [5, 5.41) is 3.27. The Morgan fingerprint density at radius 3 is 2.42 bits per heavy atom. The third-order valence-electron chi connectivity index (χ3n) is 2.86. The molecule has 0 amide bonds. The van der Waals surface area contributed by atoms with Crippen LogP contribution in [0.15, 0.2) is 18.2 Å². The molecule has 1 rings (SSSR count). The van der Waals surface area contributed by atoms with E-state index in [2.05, 4.69) is 12.2 Å². The normalized spacial score (nSPS) is 12.6. The van der Waals surface area contributed by atoms with E-state index < -0.39 is 11.6 Å². The van der Waals surface area contributed by atoms with Crippen LogP contribution < -0.4 is 5.32 Å². The highest BCUT2D eigenvalue weighted by atomic mass is 19.1. The highest BCUT2D eigenvalue weighted by molar-refractivity contribution is 5.20. The summed E-state index contributed by atoms with van der Waals surface area (Å²) in [4.78, 5) is 0. The number of ether oxygens (including phenoxy) is 1. The Morgan fingerprint density at radius 2 is 1.84 bits per heavy atom. The fourth-order valence-electron chi connectivity index (χ4n) is 1.88. The third kappa shape index (κ3) is 5.66. The number of nitrogens with one attached hydrogen (secondary N) is 1. The zero-order valence-electron chi connectivity index (χ0n) is 11.7. The SMILES string of the molecule is CCCNC(COCCC)Cc1c(F)cccc1F. The average molecular weight is 271 g/mol. The largest absolute Gasteiger partial charge is 0.380 e. The first-order chi connectivity index (χ1) is 9.19. The number of benzene rings is 1. The van der Waals surface area contributed by atoms with Crippen LogP contribution >= 0.6 is 0 Å². The van der Waals surface area contributed by atoms with Crippen molar-refractivity contribution in [3.8, 4) is 0 Å². The van der Waals surface area contributed by atoms with Gasteiger partial charge >= 0.3 is 0 Å². The van der Waals surface area contributed by atoms with Crippen LogP contribution in [0.3, 0.4) is 0 Å². The Morgan fingerprint density at radius 1 is 1.16 bits per heavy atom. The zero-order valence-corrected chi connectivity index (χ0v) is 11.7. The molecule has 0 fully saturated rings. The molecule has 2 nitrogen and oxygen atoms in total. The van der Waals surface area contributed by atoms with Crippen molar-refractivity contribution in [1.82, 2.24) is 5.32 Å². The first-order valence-electron chi connectivity index (χ1n) is 6.93. The molecular weight excluding hydrogens is 248 g/mol. The van der Waals surface area contributed by atoms with Gasteiger partial charge in [0.05, 0.1) is 6.61 Å². The molecule has 0 saturated heterocycles. The molecule has 0 spiro atoms. The highest BCUT2D eigenvalue weighted by Crippen LogP contribution is 2.14. The fraction of sp³-hybridized carbons (Fsp3) is 0.600. The van der Waals surface area contributed by atoms with E-state index in [9.17, 15) is 8.78 Å². The summed E-state index contributed by atoms with van der Waals surface area (Å²) in [6.07, 6.45) is 2.22. The Kier molecular flexibility index (Phi) is 7.60. The topological polar surface area (TPSA) is 21.3 Å². The van der Waals surface area contributed by atoms with Crippen molar-refractivity contribution in [2.75, 3.05) is 19.8 Å². The number of rotatable bonds is 9. The van der Waals surface area contributed by atoms with E-state index in [0.717, 1.165) is 19.4 Å². The van der Waals surface area contributed by atoms with Crippen LogP contribution in [0.4, 0.5) is 8.78 Å². The lowest BCUT2D eigenvalue weighted by atomic mass is 10.0. The van der Waals surface area contributed by atoms with Crippen molar-refractivity contribution in [3.63, 3.8) is 0 Å². The molecule has 0 radical (unpaired) electrons. The number of hydrogen-bond acceptors (Lipinski definition) is 2. The van der Waals surface area contributed by atoms with Gasteiger partial charge in [0.25, 0.3) is 0 Å². The van der Waals surface area contributed by atoms with E-state index in [1.54, 1.807) is 0 Å². The van der Waals surface area contributed by atoms with Gasteiger partial charge in [0, 0.05) is 18.2 Å². The molecule has 0 bridgehead atoms. The van der Waals surface area contributed by atoms with Gasteiger partial charge in [-0.1, -0.05) is 19.9 Å². The van der Waals surface area contributed by atoms with Crippen molar-refractivity contribution in [2.45, 2.75) is 39.2 Å². The van der Waals surface area contributed by atoms with Gasteiger partial charge in [-0.15, -0.1) is 0 Å². The van der Waals surface area contributed by atoms with Gasteiger partial charge in [-0.05, 0) is 37.9 Å². The van der Waals surface area contributed by atoms with Crippen LogP contribution in [0.25, 0.3) is 0 Å². The third-order valence-corrected chi connectivity index (χ3v) is 2.86.